The van der Waals surface area contributed by atoms with Crippen molar-refractivity contribution in [3.8, 4) is 0 Å². The molecule has 1 aromatic carbocycles. The Bertz CT molecular complexity index is 838. The van der Waals surface area contributed by atoms with E-state index < -0.39 is 5.41 Å². The Balaban J connectivity index is 1.72. The van der Waals surface area contributed by atoms with Crippen LogP contribution >= 0.6 is 0 Å². The fraction of sp³-hybridized carbons (Fsp3) is 0.500. The van der Waals surface area contributed by atoms with Crippen LogP contribution in [0.15, 0.2) is 24.3 Å². The monoisotopic (exact) mass is 369 g/mol. The number of amides is 2. The van der Waals surface area contributed by atoms with Crippen LogP contribution in [0.2, 0.25) is 0 Å². The number of anilines is 2. The molecule has 27 heavy (non-hydrogen) atoms. The summed E-state index contributed by atoms with van der Waals surface area (Å²) in [7, 11) is 0. The number of carbonyl (C=O) groups excluding carboxylic acids is 2. The van der Waals surface area contributed by atoms with Gasteiger partial charge in [0.15, 0.2) is 11.6 Å². The molecule has 1 aliphatic rings. The summed E-state index contributed by atoms with van der Waals surface area (Å²) in [5.41, 5.74) is 1.09. The molecule has 3 rings (SSSR count). The third-order valence-electron chi connectivity index (χ3n) is 4.53. The van der Waals surface area contributed by atoms with Gasteiger partial charge < -0.3 is 15.5 Å². The van der Waals surface area contributed by atoms with Crippen LogP contribution in [0.3, 0.4) is 0 Å². The predicted octanol–water partition coefficient (Wildman–Crippen LogP) is 2.72. The quantitative estimate of drug-likeness (QED) is 0.846. The van der Waals surface area contributed by atoms with E-state index in [9.17, 15) is 9.59 Å². The van der Waals surface area contributed by atoms with Gasteiger partial charge >= 0.3 is 0 Å². The Hall–Kier alpha value is -2.70. The zero-order chi connectivity index (χ0) is 19.4. The molecule has 2 N–H and O–H groups in total. The van der Waals surface area contributed by atoms with E-state index in [-0.39, 0.29) is 18.2 Å². The fourth-order valence-electron chi connectivity index (χ4n) is 2.97. The molecule has 2 aromatic rings. The van der Waals surface area contributed by atoms with Gasteiger partial charge in [-0.3, -0.25) is 9.59 Å². The van der Waals surface area contributed by atoms with E-state index >= 15 is 0 Å². The van der Waals surface area contributed by atoms with Crippen LogP contribution in [0.5, 0.6) is 0 Å². The maximum Gasteiger partial charge on any atom is 0.227 e. The average molecular weight is 369 g/mol. The lowest BCUT2D eigenvalue weighted by Crippen LogP contribution is -2.36. The Morgan fingerprint density at radius 3 is 2.33 bits per heavy atom. The minimum atomic E-state index is -0.469. The number of fused-ring (bicyclic) bond motifs is 1. The maximum atomic E-state index is 12.4. The molecular weight excluding hydrogens is 342 g/mol. The molecule has 2 heterocycles. The van der Waals surface area contributed by atoms with Crippen molar-refractivity contribution >= 4 is 34.5 Å². The van der Waals surface area contributed by atoms with Gasteiger partial charge in [-0.25, -0.2) is 9.97 Å². The maximum absolute atomic E-state index is 12.4. The minimum Gasteiger partial charge on any atom is -0.355 e. The Labute approximate surface area is 159 Å². The first-order valence-corrected chi connectivity index (χ1v) is 9.44. The summed E-state index contributed by atoms with van der Waals surface area (Å²) in [5, 5.41) is 5.68. The third kappa shape index (κ3) is 4.72. The number of nitrogens with one attached hydrogen (secondary N) is 2. The second-order valence-corrected chi connectivity index (χ2v) is 7.88. The summed E-state index contributed by atoms with van der Waals surface area (Å²) >= 11 is 0. The topological polar surface area (TPSA) is 87.2 Å². The van der Waals surface area contributed by atoms with Crippen molar-refractivity contribution in [1.29, 1.82) is 0 Å². The largest absolute Gasteiger partial charge is 0.355 e. The Kier molecular flexibility index (Phi) is 5.58. The highest BCUT2D eigenvalue weighted by atomic mass is 16.2. The van der Waals surface area contributed by atoms with Gasteiger partial charge in [0.2, 0.25) is 11.8 Å². The number of nitrogens with zero attached hydrogens (tertiary/aromatic N) is 3. The molecule has 0 bridgehead atoms. The van der Waals surface area contributed by atoms with E-state index in [1.807, 2.05) is 45.0 Å². The highest BCUT2D eigenvalue weighted by Gasteiger charge is 2.22. The molecule has 1 saturated heterocycles. The number of hydrogen-bond donors (Lipinski definition) is 2. The number of para-hydroxylation sites is 2. The Morgan fingerprint density at radius 1 is 1.07 bits per heavy atom. The molecule has 1 fully saturated rings. The van der Waals surface area contributed by atoms with Crippen molar-refractivity contribution in [3.05, 3.63) is 24.3 Å². The lowest BCUT2D eigenvalue weighted by atomic mass is 9.96. The molecule has 0 saturated carbocycles. The van der Waals surface area contributed by atoms with Crippen LogP contribution in [0.25, 0.3) is 11.0 Å². The number of carbonyl (C=O) groups is 2. The zero-order valence-electron chi connectivity index (χ0n) is 16.2. The zero-order valence-corrected chi connectivity index (χ0v) is 16.2. The van der Waals surface area contributed by atoms with E-state index in [1.165, 1.54) is 0 Å². The summed E-state index contributed by atoms with van der Waals surface area (Å²) in [6, 6.07) is 7.64. The standard InChI is InChI=1S/C20H27N5O2/c1-20(2,3)19(27)21-11-10-16(26)24-17-18(25-12-6-7-13-25)23-15-9-5-4-8-14(15)22-17/h4-5,8-9H,6-7,10-13H2,1-3H3,(H,21,27)(H,22,24,26). The van der Waals surface area contributed by atoms with Gasteiger partial charge in [0.1, 0.15) is 0 Å². The van der Waals surface area contributed by atoms with E-state index in [2.05, 4.69) is 20.5 Å². The smallest absolute Gasteiger partial charge is 0.227 e. The van der Waals surface area contributed by atoms with Gasteiger partial charge in [0, 0.05) is 31.5 Å². The van der Waals surface area contributed by atoms with Gasteiger partial charge in [0.05, 0.1) is 11.0 Å². The molecular formula is C20H27N5O2. The van der Waals surface area contributed by atoms with Gasteiger partial charge in [-0.15, -0.1) is 0 Å². The lowest BCUT2D eigenvalue weighted by molar-refractivity contribution is -0.128. The van der Waals surface area contributed by atoms with Gasteiger partial charge in [0.25, 0.3) is 0 Å². The van der Waals surface area contributed by atoms with Crippen molar-refractivity contribution in [2.24, 2.45) is 5.41 Å². The number of aromatic nitrogens is 2. The summed E-state index contributed by atoms with van der Waals surface area (Å²) in [6.07, 6.45) is 2.41. The SMILES string of the molecule is CC(C)(C)C(=O)NCCC(=O)Nc1nc2ccccc2nc1N1CCCC1. The number of benzene rings is 1. The number of hydrogen-bond acceptors (Lipinski definition) is 5. The lowest BCUT2D eigenvalue weighted by Gasteiger charge is -2.20. The van der Waals surface area contributed by atoms with Crippen molar-refractivity contribution in [1.82, 2.24) is 15.3 Å². The molecule has 1 aromatic heterocycles. The van der Waals surface area contributed by atoms with Gasteiger partial charge in [-0.1, -0.05) is 32.9 Å². The second kappa shape index (κ2) is 7.90. The van der Waals surface area contributed by atoms with Crippen LogP contribution in [0.4, 0.5) is 11.6 Å². The van der Waals surface area contributed by atoms with Crippen molar-refractivity contribution in [3.63, 3.8) is 0 Å². The van der Waals surface area contributed by atoms with Crippen molar-refractivity contribution in [2.75, 3.05) is 29.9 Å². The van der Waals surface area contributed by atoms with Crippen LogP contribution in [-0.4, -0.2) is 41.4 Å². The van der Waals surface area contributed by atoms with E-state index in [4.69, 9.17) is 4.98 Å². The average Bonchev–Trinajstić information content (AvgIpc) is 3.14. The van der Waals surface area contributed by atoms with E-state index in [1.54, 1.807) is 0 Å². The van der Waals surface area contributed by atoms with Crippen LogP contribution in [-0.2, 0) is 9.59 Å². The summed E-state index contributed by atoms with van der Waals surface area (Å²) in [6.45, 7) is 7.65. The van der Waals surface area contributed by atoms with Crippen LogP contribution in [0.1, 0.15) is 40.0 Å². The molecule has 0 radical (unpaired) electrons. The number of rotatable bonds is 5. The first kappa shape index (κ1) is 19.1. The molecule has 0 atom stereocenters. The van der Waals surface area contributed by atoms with Crippen molar-refractivity contribution in [2.45, 2.75) is 40.0 Å². The summed E-state index contributed by atoms with van der Waals surface area (Å²) in [5.74, 6) is 0.953. The van der Waals surface area contributed by atoms with Crippen LogP contribution < -0.4 is 15.5 Å². The second-order valence-electron chi connectivity index (χ2n) is 7.88. The first-order valence-electron chi connectivity index (χ1n) is 9.44. The highest BCUT2D eigenvalue weighted by molar-refractivity contribution is 5.94. The van der Waals surface area contributed by atoms with Crippen LogP contribution in [0, 0.1) is 5.41 Å². The molecule has 0 spiro atoms. The van der Waals surface area contributed by atoms with E-state index in [0.29, 0.717) is 12.4 Å². The van der Waals surface area contributed by atoms with Gasteiger partial charge in [-0.2, -0.15) is 0 Å². The summed E-state index contributed by atoms with van der Waals surface area (Å²) < 4.78 is 0. The molecule has 1 aliphatic heterocycles. The highest BCUT2D eigenvalue weighted by Crippen LogP contribution is 2.27. The molecule has 2 amide bonds. The molecule has 7 nitrogen and oxygen atoms in total. The summed E-state index contributed by atoms with van der Waals surface area (Å²) in [4.78, 5) is 35.8. The molecule has 0 aliphatic carbocycles. The molecule has 7 heteroatoms. The van der Waals surface area contributed by atoms with Crippen molar-refractivity contribution < 1.29 is 9.59 Å². The molecule has 144 valence electrons. The predicted molar refractivity (Wildman–Crippen MR) is 107 cm³/mol. The fourth-order valence-corrected chi connectivity index (χ4v) is 2.97. The normalized spacial score (nSPS) is 14.4. The first-order chi connectivity index (χ1) is 12.8. The molecule has 0 unspecified atom stereocenters. The Morgan fingerprint density at radius 2 is 1.70 bits per heavy atom. The van der Waals surface area contributed by atoms with Gasteiger partial charge in [-0.05, 0) is 25.0 Å². The third-order valence-corrected chi connectivity index (χ3v) is 4.53. The van der Waals surface area contributed by atoms with E-state index in [0.717, 1.165) is 42.8 Å². The minimum absolute atomic E-state index is 0.0708.